The molecule has 1 aliphatic heterocycles. The van der Waals surface area contributed by atoms with Gasteiger partial charge in [-0.3, -0.25) is 4.79 Å². The Kier molecular flexibility index (Phi) is 2.95. The van der Waals surface area contributed by atoms with E-state index in [1.54, 1.807) is 23.5 Å². The second-order valence-corrected chi connectivity index (χ2v) is 5.98. The zero-order valence-corrected chi connectivity index (χ0v) is 11.6. The van der Waals surface area contributed by atoms with Crippen molar-refractivity contribution < 1.29 is 9.18 Å². The Hall–Kier alpha value is -1.20. The predicted molar refractivity (Wildman–Crippen MR) is 73.5 cm³/mol. The van der Waals surface area contributed by atoms with Crippen molar-refractivity contribution in [2.24, 2.45) is 0 Å². The van der Waals surface area contributed by atoms with Gasteiger partial charge in [0, 0.05) is 17.2 Å². The zero-order chi connectivity index (χ0) is 12.7. The van der Waals surface area contributed by atoms with E-state index in [-0.39, 0.29) is 17.6 Å². The molecule has 0 spiro atoms. The van der Waals surface area contributed by atoms with Crippen molar-refractivity contribution in [2.75, 3.05) is 5.32 Å². The van der Waals surface area contributed by atoms with E-state index in [0.717, 1.165) is 16.1 Å². The van der Waals surface area contributed by atoms with Gasteiger partial charge in [0.2, 0.25) is 5.91 Å². The molecule has 1 aromatic carbocycles. The molecule has 1 amide bonds. The maximum atomic E-state index is 13.3. The number of anilines is 1. The average molecular weight is 326 g/mol. The van der Waals surface area contributed by atoms with Crippen molar-refractivity contribution in [2.45, 2.75) is 12.3 Å². The molecule has 0 bridgehead atoms. The van der Waals surface area contributed by atoms with E-state index in [1.807, 2.05) is 11.4 Å². The average Bonchev–Trinajstić information content (AvgIpc) is 2.79. The lowest BCUT2D eigenvalue weighted by Gasteiger charge is -2.23. The first-order valence-electron chi connectivity index (χ1n) is 5.47. The molecular weight excluding hydrogens is 317 g/mol. The van der Waals surface area contributed by atoms with Crippen LogP contribution >= 0.6 is 27.3 Å². The SMILES string of the molecule is O=C1C[C@H](c2ccc(F)c(Br)c2)c2sccc2N1. The number of fused-ring (bicyclic) bond motifs is 1. The number of carbonyl (C=O) groups excluding carboxylic acids is 1. The molecule has 0 fully saturated rings. The van der Waals surface area contributed by atoms with Crippen LogP contribution in [0.4, 0.5) is 10.1 Å². The van der Waals surface area contributed by atoms with Gasteiger partial charge in [-0.25, -0.2) is 4.39 Å². The van der Waals surface area contributed by atoms with E-state index in [1.165, 1.54) is 6.07 Å². The summed E-state index contributed by atoms with van der Waals surface area (Å²) in [5.41, 5.74) is 1.84. The molecular formula is C13H9BrFNOS. The fourth-order valence-corrected chi connectivity index (χ4v) is 3.55. The monoisotopic (exact) mass is 325 g/mol. The number of benzene rings is 1. The topological polar surface area (TPSA) is 29.1 Å². The second-order valence-electron chi connectivity index (χ2n) is 4.18. The second kappa shape index (κ2) is 4.48. The Morgan fingerprint density at radius 1 is 1.39 bits per heavy atom. The molecule has 1 N–H and O–H groups in total. The summed E-state index contributed by atoms with van der Waals surface area (Å²) in [5, 5.41) is 4.81. The van der Waals surface area contributed by atoms with Gasteiger partial charge in [0.25, 0.3) is 0 Å². The summed E-state index contributed by atoms with van der Waals surface area (Å²) >= 11 is 4.80. The molecule has 18 heavy (non-hydrogen) atoms. The van der Waals surface area contributed by atoms with Gasteiger partial charge < -0.3 is 5.32 Å². The van der Waals surface area contributed by atoms with Crippen molar-refractivity contribution in [3.05, 3.63) is 50.4 Å². The Labute approximate surface area is 116 Å². The number of rotatable bonds is 1. The highest BCUT2D eigenvalue weighted by atomic mass is 79.9. The summed E-state index contributed by atoms with van der Waals surface area (Å²) in [4.78, 5) is 12.8. The number of carbonyl (C=O) groups is 1. The molecule has 3 rings (SSSR count). The number of amides is 1. The molecule has 2 heterocycles. The normalized spacial score (nSPS) is 18.3. The standard InChI is InChI=1S/C13H9BrFNOS/c14-9-5-7(1-2-10(9)15)8-6-12(17)16-11-3-4-18-13(8)11/h1-5,8H,6H2,(H,16,17)/t8-/m1/s1. The minimum Gasteiger partial charge on any atom is -0.325 e. The summed E-state index contributed by atoms with van der Waals surface area (Å²) in [7, 11) is 0. The Bertz CT molecular complexity index is 625. The number of hydrogen-bond acceptors (Lipinski definition) is 2. The van der Waals surface area contributed by atoms with E-state index in [4.69, 9.17) is 0 Å². The molecule has 0 unspecified atom stereocenters. The lowest BCUT2D eigenvalue weighted by molar-refractivity contribution is -0.116. The number of halogens is 2. The lowest BCUT2D eigenvalue weighted by atomic mass is 9.91. The van der Waals surface area contributed by atoms with Crippen LogP contribution < -0.4 is 5.32 Å². The maximum Gasteiger partial charge on any atom is 0.225 e. The van der Waals surface area contributed by atoms with Gasteiger partial charge in [-0.2, -0.15) is 0 Å². The first-order valence-corrected chi connectivity index (χ1v) is 7.14. The number of hydrogen-bond donors (Lipinski definition) is 1. The van der Waals surface area contributed by atoms with Crippen LogP contribution in [0.25, 0.3) is 0 Å². The molecule has 5 heteroatoms. The third-order valence-corrected chi connectivity index (χ3v) is 4.66. The third-order valence-electron chi connectivity index (χ3n) is 3.02. The molecule has 0 saturated carbocycles. The minimum absolute atomic E-state index is 0.00588. The summed E-state index contributed by atoms with van der Waals surface area (Å²) in [5.74, 6) is -0.262. The molecule has 92 valence electrons. The van der Waals surface area contributed by atoms with Crippen LogP contribution in [0.1, 0.15) is 22.8 Å². The van der Waals surface area contributed by atoms with Crippen LogP contribution in [0.5, 0.6) is 0 Å². The van der Waals surface area contributed by atoms with E-state index in [0.29, 0.717) is 10.9 Å². The molecule has 2 aromatic rings. The van der Waals surface area contributed by atoms with E-state index >= 15 is 0 Å². The largest absolute Gasteiger partial charge is 0.325 e. The molecule has 0 aliphatic carbocycles. The third kappa shape index (κ3) is 1.97. The summed E-state index contributed by atoms with van der Waals surface area (Å²) < 4.78 is 13.7. The Balaban J connectivity index is 2.07. The summed E-state index contributed by atoms with van der Waals surface area (Å²) in [6.45, 7) is 0. The van der Waals surface area contributed by atoms with E-state index in [2.05, 4.69) is 21.2 Å². The fourth-order valence-electron chi connectivity index (χ4n) is 2.17. The predicted octanol–water partition coefficient (Wildman–Crippen LogP) is 4.12. The van der Waals surface area contributed by atoms with Crippen LogP contribution in [-0.4, -0.2) is 5.91 Å². The molecule has 2 nitrogen and oxygen atoms in total. The number of thiophene rings is 1. The van der Waals surface area contributed by atoms with Crippen molar-refractivity contribution in [3.8, 4) is 0 Å². The van der Waals surface area contributed by atoms with E-state index in [9.17, 15) is 9.18 Å². The summed E-state index contributed by atoms with van der Waals surface area (Å²) in [6, 6.07) is 6.83. The first kappa shape index (κ1) is 11.9. The quantitative estimate of drug-likeness (QED) is 0.839. The Morgan fingerprint density at radius 3 is 3.00 bits per heavy atom. The highest BCUT2D eigenvalue weighted by Gasteiger charge is 2.27. The van der Waals surface area contributed by atoms with Gasteiger partial charge in [-0.05, 0) is 45.1 Å². The van der Waals surface area contributed by atoms with Crippen LogP contribution in [0.2, 0.25) is 0 Å². The van der Waals surface area contributed by atoms with Gasteiger partial charge in [0.15, 0.2) is 0 Å². The first-order chi connectivity index (χ1) is 8.65. The van der Waals surface area contributed by atoms with Gasteiger partial charge in [-0.15, -0.1) is 11.3 Å². The van der Waals surface area contributed by atoms with E-state index < -0.39 is 0 Å². The Morgan fingerprint density at radius 2 is 2.22 bits per heavy atom. The van der Waals surface area contributed by atoms with Crippen LogP contribution in [0, 0.1) is 5.82 Å². The van der Waals surface area contributed by atoms with Crippen molar-refractivity contribution >= 4 is 38.9 Å². The van der Waals surface area contributed by atoms with Crippen molar-refractivity contribution in [1.82, 2.24) is 0 Å². The van der Waals surface area contributed by atoms with Crippen LogP contribution in [0.3, 0.4) is 0 Å². The highest BCUT2D eigenvalue weighted by Crippen LogP contribution is 2.41. The highest BCUT2D eigenvalue weighted by molar-refractivity contribution is 9.10. The maximum absolute atomic E-state index is 13.3. The molecule has 1 aliphatic rings. The van der Waals surface area contributed by atoms with Crippen LogP contribution in [0.15, 0.2) is 34.1 Å². The van der Waals surface area contributed by atoms with Crippen molar-refractivity contribution in [3.63, 3.8) is 0 Å². The fraction of sp³-hybridized carbons (Fsp3) is 0.154. The smallest absolute Gasteiger partial charge is 0.225 e. The molecule has 0 saturated heterocycles. The van der Waals surface area contributed by atoms with Gasteiger partial charge in [-0.1, -0.05) is 6.07 Å². The summed E-state index contributed by atoms with van der Waals surface area (Å²) in [6.07, 6.45) is 0.408. The lowest BCUT2D eigenvalue weighted by Crippen LogP contribution is -2.21. The molecule has 1 atom stereocenters. The zero-order valence-electron chi connectivity index (χ0n) is 9.24. The van der Waals surface area contributed by atoms with Gasteiger partial charge >= 0.3 is 0 Å². The molecule has 1 aromatic heterocycles. The van der Waals surface area contributed by atoms with Gasteiger partial charge in [0.1, 0.15) is 5.82 Å². The van der Waals surface area contributed by atoms with Crippen LogP contribution in [-0.2, 0) is 4.79 Å². The van der Waals surface area contributed by atoms with Gasteiger partial charge in [0.05, 0.1) is 10.2 Å². The number of nitrogens with one attached hydrogen (secondary N) is 1. The minimum atomic E-state index is -0.287. The van der Waals surface area contributed by atoms with Crippen molar-refractivity contribution in [1.29, 1.82) is 0 Å². The molecule has 0 radical (unpaired) electrons.